The number of hydrogen-bond acceptors (Lipinski definition) is 4. The molecule has 5 nitrogen and oxygen atoms in total. The summed E-state index contributed by atoms with van der Waals surface area (Å²) in [6, 6.07) is 11.5. The van der Waals surface area contributed by atoms with Crippen LogP contribution in [0.2, 0.25) is 0 Å². The van der Waals surface area contributed by atoms with E-state index in [1.807, 2.05) is 11.4 Å². The van der Waals surface area contributed by atoms with Crippen LogP contribution < -0.4 is 10.6 Å². The van der Waals surface area contributed by atoms with Crippen LogP contribution in [0.1, 0.15) is 45.7 Å². The summed E-state index contributed by atoms with van der Waals surface area (Å²) in [6.45, 7) is 2.25. The number of anilines is 1. The minimum absolute atomic E-state index is 0.0291. The Labute approximate surface area is 157 Å². The van der Waals surface area contributed by atoms with E-state index in [2.05, 4.69) is 15.5 Å². The minimum Gasteiger partial charge on any atom is -0.348 e. The summed E-state index contributed by atoms with van der Waals surface area (Å²) in [4.78, 5) is 27.8. The van der Waals surface area contributed by atoms with Gasteiger partial charge in [-0.15, -0.1) is 11.3 Å². The monoisotopic (exact) mass is 369 g/mol. The fraction of sp³-hybridized carbons (Fsp3) is 0.400. The van der Waals surface area contributed by atoms with Gasteiger partial charge in [0.15, 0.2) is 0 Å². The Morgan fingerprint density at radius 3 is 2.62 bits per heavy atom. The van der Waals surface area contributed by atoms with Gasteiger partial charge in [0, 0.05) is 29.9 Å². The van der Waals surface area contributed by atoms with Gasteiger partial charge in [-0.3, -0.25) is 14.5 Å². The molecule has 0 radical (unpaired) electrons. The fourth-order valence-corrected chi connectivity index (χ4v) is 4.59. The van der Waals surface area contributed by atoms with Gasteiger partial charge in [0.1, 0.15) is 0 Å². The van der Waals surface area contributed by atoms with E-state index in [0.29, 0.717) is 22.2 Å². The van der Waals surface area contributed by atoms with Gasteiger partial charge in [0.2, 0.25) is 0 Å². The summed E-state index contributed by atoms with van der Waals surface area (Å²) in [5.41, 5.74) is 1.33. The third-order valence-corrected chi connectivity index (χ3v) is 6.19. The van der Waals surface area contributed by atoms with E-state index in [-0.39, 0.29) is 17.9 Å². The largest absolute Gasteiger partial charge is 0.348 e. The van der Waals surface area contributed by atoms with E-state index in [4.69, 9.17) is 0 Å². The maximum atomic E-state index is 12.6. The van der Waals surface area contributed by atoms with Crippen LogP contribution in [0.5, 0.6) is 0 Å². The first-order valence-corrected chi connectivity index (χ1v) is 10.1. The molecule has 0 saturated carbocycles. The molecule has 2 N–H and O–H groups in total. The van der Waals surface area contributed by atoms with Crippen molar-refractivity contribution in [1.82, 2.24) is 10.2 Å². The quantitative estimate of drug-likeness (QED) is 0.869. The van der Waals surface area contributed by atoms with Crippen molar-refractivity contribution in [2.75, 3.05) is 18.4 Å². The molecule has 2 fully saturated rings. The number of carbonyl (C=O) groups excluding carboxylic acids is 2. The second kappa shape index (κ2) is 7.60. The van der Waals surface area contributed by atoms with Crippen LogP contribution in [0.4, 0.5) is 5.69 Å². The molecular formula is C20H23N3O2S. The Morgan fingerprint density at radius 1 is 1.00 bits per heavy atom. The summed E-state index contributed by atoms with van der Waals surface area (Å²) in [5, 5.41) is 7.94. The summed E-state index contributed by atoms with van der Waals surface area (Å²) < 4.78 is 0. The Balaban J connectivity index is 1.36. The van der Waals surface area contributed by atoms with Crippen LogP contribution in [0.25, 0.3) is 0 Å². The number of benzene rings is 1. The molecule has 3 heterocycles. The molecule has 0 aliphatic carbocycles. The number of nitrogens with zero attached hydrogens (tertiary/aromatic N) is 1. The van der Waals surface area contributed by atoms with Gasteiger partial charge in [-0.05, 0) is 61.5 Å². The van der Waals surface area contributed by atoms with Crippen LogP contribution in [0.15, 0.2) is 41.8 Å². The molecule has 0 bridgehead atoms. The van der Waals surface area contributed by atoms with Crippen LogP contribution in [0, 0.1) is 0 Å². The minimum atomic E-state index is -0.124. The third-order valence-electron chi connectivity index (χ3n) is 5.32. The smallest absolute Gasteiger partial charge is 0.265 e. The molecule has 2 aliphatic heterocycles. The van der Waals surface area contributed by atoms with Crippen molar-refractivity contribution in [2.24, 2.45) is 0 Å². The zero-order valence-electron chi connectivity index (χ0n) is 14.6. The number of hydrogen-bond donors (Lipinski definition) is 2. The normalized spacial score (nSPS) is 22.6. The number of thiophene rings is 1. The molecule has 2 aromatic rings. The number of carbonyl (C=O) groups is 2. The lowest BCUT2D eigenvalue weighted by Crippen LogP contribution is -2.46. The van der Waals surface area contributed by atoms with Gasteiger partial charge in [0.25, 0.3) is 11.8 Å². The van der Waals surface area contributed by atoms with Crippen LogP contribution in [-0.4, -0.2) is 41.9 Å². The van der Waals surface area contributed by atoms with Crippen LogP contribution >= 0.6 is 11.3 Å². The zero-order chi connectivity index (χ0) is 17.9. The maximum absolute atomic E-state index is 12.6. The van der Waals surface area contributed by atoms with Gasteiger partial charge in [0.05, 0.1) is 4.88 Å². The highest BCUT2D eigenvalue weighted by molar-refractivity contribution is 7.12. The van der Waals surface area contributed by atoms with Gasteiger partial charge in [-0.25, -0.2) is 0 Å². The molecule has 2 saturated heterocycles. The lowest BCUT2D eigenvalue weighted by atomic mass is 9.99. The molecule has 4 rings (SSSR count). The van der Waals surface area contributed by atoms with Crippen molar-refractivity contribution in [1.29, 1.82) is 0 Å². The summed E-state index contributed by atoms with van der Waals surface area (Å²) >= 11 is 1.40. The van der Waals surface area contributed by atoms with Crippen molar-refractivity contribution in [3.63, 3.8) is 0 Å². The summed E-state index contributed by atoms with van der Waals surface area (Å²) in [5.74, 6) is -0.154. The molecule has 2 unspecified atom stereocenters. The first kappa shape index (κ1) is 17.2. The van der Waals surface area contributed by atoms with E-state index in [9.17, 15) is 9.59 Å². The van der Waals surface area contributed by atoms with Crippen molar-refractivity contribution >= 4 is 28.8 Å². The number of fused-ring (bicyclic) bond motifs is 1. The summed E-state index contributed by atoms with van der Waals surface area (Å²) in [6.07, 6.45) is 4.74. The van der Waals surface area contributed by atoms with E-state index >= 15 is 0 Å². The SMILES string of the molecule is O=C(NC1CCN2CCCCC12)c1ccc(NC(=O)c2cccs2)cc1. The van der Waals surface area contributed by atoms with E-state index in [1.165, 1.54) is 30.6 Å². The van der Waals surface area contributed by atoms with Crippen LogP contribution in [0.3, 0.4) is 0 Å². The molecule has 2 atom stereocenters. The van der Waals surface area contributed by atoms with Gasteiger partial charge < -0.3 is 10.6 Å². The first-order chi connectivity index (χ1) is 12.7. The molecule has 2 aliphatic rings. The Hall–Kier alpha value is -2.18. The van der Waals surface area contributed by atoms with Crippen molar-refractivity contribution in [3.8, 4) is 0 Å². The lowest BCUT2D eigenvalue weighted by Gasteiger charge is -2.32. The third kappa shape index (κ3) is 3.66. The average Bonchev–Trinajstić information content (AvgIpc) is 3.33. The molecule has 1 aromatic heterocycles. The highest BCUT2D eigenvalue weighted by Gasteiger charge is 2.36. The predicted octanol–water partition coefficient (Wildman–Crippen LogP) is 3.36. The second-order valence-electron chi connectivity index (χ2n) is 6.98. The number of amides is 2. The Bertz CT molecular complexity index is 773. The van der Waals surface area contributed by atoms with Crippen molar-refractivity contribution in [2.45, 2.75) is 37.8 Å². The average molecular weight is 369 g/mol. The molecule has 2 amide bonds. The summed E-state index contributed by atoms with van der Waals surface area (Å²) in [7, 11) is 0. The highest BCUT2D eigenvalue weighted by Crippen LogP contribution is 2.27. The van der Waals surface area contributed by atoms with E-state index < -0.39 is 0 Å². The van der Waals surface area contributed by atoms with Crippen molar-refractivity contribution < 1.29 is 9.59 Å². The molecule has 26 heavy (non-hydrogen) atoms. The molecular weight excluding hydrogens is 346 g/mol. The zero-order valence-corrected chi connectivity index (χ0v) is 15.4. The molecule has 0 spiro atoms. The van der Waals surface area contributed by atoms with Crippen molar-refractivity contribution in [3.05, 3.63) is 52.2 Å². The standard InChI is InChI=1S/C20H23N3O2S/c24-19(22-16-10-12-23-11-2-1-4-17(16)23)14-6-8-15(9-7-14)21-20(25)18-5-3-13-26-18/h3,5-9,13,16-17H,1-2,4,10-12H2,(H,21,25)(H,22,24). The fourth-order valence-electron chi connectivity index (χ4n) is 3.97. The lowest BCUT2D eigenvalue weighted by molar-refractivity contribution is 0.0915. The van der Waals surface area contributed by atoms with E-state index in [1.54, 1.807) is 30.3 Å². The molecule has 1 aromatic carbocycles. The van der Waals surface area contributed by atoms with Crippen LogP contribution in [-0.2, 0) is 0 Å². The maximum Gasteiger partial charge on any atom is 0.265 e. The highest BCUT2D eigenvalue weighted by atomic mass is 32.1. The number of piperidine rings is 1. The number of nitrogens with one attached hydrogen (secondary N) is 2. The second-order valence-corrected chi connectivity index (χ2v) is 7.92. The van der Waals surface area contributed by atoms with Gasteiger partial charge >= 0.3 is 0 Å². The molecule has 136 valence electrons. The first-order valence-electron chi connectivity index (χ1n) is 9.20. The topological polar surface area (TPSA) is 61.4 Å². The van der Waals surface area contributed by atoms with E-state index in [0.717, 1.165) is 19.5 Å². The van der Waals surface area contributed by atoms with Gasteiger partial charge in [-0.2, -0.15) is 0 Å². The Morgan fingerprint density at radius 2 is 1.85 bits per heavy atom. The number of rotatable bonds is 4. The van der Waals surface area contributed by atoms with Gasteiger partial charge in [-0.1, -0.05) is 12.5 Å². The Kier molecular flexibility index (Phi) is 5.04. The molecule has 6 heteroatoms. The predicted molar refractivity (Wildman–Crippen MR) is 104 cm³/mol.